The Morgan fingerprint density at radius 3 is 1.89 bits per heavy atom. The standard InChI is InChI=1S/C9H13.C5H5.CH2.2ClH.Zr/c1-6-5-7(2)9(4)8(6)3;1-2-4-5-3-1;;;;/h6H,1-4H3;1-3H,4H2;1H2;2*1H;/q2*-1;;;;+2. The van der Waals surface area contributed by atoms with E-state index in [1.54, 1.807) is 0 Å². The van der Waals surface area contributed by atoms with Gasteiger partial charge in [0.1, 0.15) is 0 Å². The molecule has 0 heterocycles. The SMILES string of the molecule is CC1=[C-]C(C)C(C)=C1C.Cl.Cl.[C-]1=CC=CC1.[CH2]=[Zr+2]. The molecule has 2 aliphatic rings. The molecule has 0 amide bonds. The molecule has 0 aromatic rings. The average Bonchev–Trinajstić information content (AvgIpc) is 2.93. The summed E-state index contributed by atoms with van der Waals surface area (Å²) in [5.41, 5.74) is 4.25. The summed E-state index contributed by atoms with van der Waals surface area (Å²) in [6.45, 7) is 8.67. The van der Waals surface area contributed by atoms with E-state index in [9.17, 15) is 0 Å². The zero-order valence-electron chi connectivity index (χ0n) is 11.5. The summed E-state index contributed by atoms with van der Waals surface area (Å²) in [7, 11) is 0. The van der Waals surface area contributed by atoms with Crippen molar-refractivity contribution < 1.29 is 24.2 Å². The second-order valence-electron chi connectivity index (χ2n) is 3.80. The van der Waals surface area contributed by atoms with Gasteiger partial charge in [-0.1, -0.05) is 26.7 Å². The van der Waals surface area contributed by atoms with Gasteiger partial charge >= 0.3 is 28.4 Å². The molecule has 0 spiro atoms. The van der Waals surface area contributed by atoms with E-state index in [0.717, 1.165) is 6.42 Å². The van der Waals surface area contributed by atoms with Crippen LogP contribution in [0.3, 0.4) is 0 Å². The predicted octanol–water partition coefficient (Wildman–Crippen LogP) is 4.84. The van der Waals surface area contributed by atoms with E-state index < -0.39 is 0 Å². The second kappa shape index (κ2) is 13.7. The summed E-state index contributed by atoms with van der Waals surface area (Å²) in [6.07, 6.45) is 13.4. The van der Waals surface area contributed by atoms with Gasteiger partial charge in [0.25, 0.3) is 0 Å². The van der Waals surface area contributed by atoms with Crippen LogP contribution >= 0.6 is 24.8 Å². The minimum atomic E-state index is 0. The molecule has 0 nitrogen and oxygen atoms in total. The van der Waals surface area contributed by atoms with Gasteiger partial charge < -0.3 is 0 Å². The molecule has 1 atom stereocenters. The van der Waals surface area contributed by atoms with Gasteiger partial charge in [0.05, 0.1) is 0 Å². The first-order chi connectivity index (χ1) is 7.63. The molecule has 0 fully saturated rings. The number of rotatable bonds is 0. The van der Waals surface area contributed by atoms with Gasteiger partial charge in [0, 0.05) is 0 Å². The Morgan fingerprint density at radius 1 is 1.22 bits per heavy atom. The van der Waals surface area contributed by atoms with E-state index in [2.05, 4.69) is 50.1 Å². The Balaban J connectivity index is -0.000000217. The van der Waals surface area contributed by atoms with Gasteiger partial charge in [-0.05, 0) is 0 Å². The number of halogens is 2. The fourth-order valence-corrected chi connectivity index (χ4v) is 1.50. The number of allylic oxidation sites excluding steroid dienone is 8. The van der Waals surface area contributed by atoms with E-state index in [1.807, 2.05) is 12.2 Å². The van der Waals surface area contributed by atoms with Gasteiger partial charge in [0.15, 0.2) is 0 Å². The van der Waals surface area contributed by atoms with Crippen molar-refractivity contribution in [2.75, 3.05) is 0 Å². The molecule has 2 rings (SSSR count). The first-order valence-corrected chi connectivity index (χ1v) is 7.21. The van der Waals surface area contributed by atoms with Crippen LogP contribution in [0, 0.1) is 18.1 Å². The third-order valence-corrected chi connectivity index (χ3v) is 2.82. The molecule has 0 saturated heterocycles. The molecule has 2 aliphatic carbocycles. The third-order valence-electron chi connectivity index (χ3n) is 2.82. The van der Waals surface area contributed by atoms with Crippen molar-refractivity contribution in [3.8, 4) is 0 Å². The van der Waals surface area contributed by atoms with Crippen LogP contribution in [0.2, 0.25) is 0 Å². The van der Waals surface area contributed by atoms with E-state index in [0.29, 0.717) is 5.92 Å². The molecule has 0 aromatic carbocycles. The van der Waals surface area contributed by atoms with Crippen molar-refractivity contribution in [3.63, 3.8) is 0 Å². The average molecular weight is 364 g/mol. The molecule has 0 bridgehead atoms. The van der Waals surface area contributed by atoms with Crippen molar-refractivity contribution in [3.05, 3.63) is 47.1 Å². The molecule has 100 valence electrons. The molecule has 0 aliphatic heterocycles. The molecular weight excluding hydrogens is 342 g/mol. The summed E-state index contributed by atoms with van der Waals surface area (Å²) >= 11 is 1.30. The summed E-state index contributed by atoms with van der Waals surface area (Å²) in [6, 6.07) is 0. The van der Waals surface area contributed by atoms with Crippen LogP contribution < -0.4 is 0 Å². The van der Waals surface area contributed by atoms with Crippen LogP contribution in [0.25, 0.3) is 0 Å². The Hall–Kier alpha value is 0.293. The molecule has 3 heteroatoms. The fourth-order valence-electron chi connectivity index (χ4n) is 1.50. The summed E-state index contributed by atoms with van der Waals surface area (Å²) in [5, 5.41) is 0. The first kappa shape index (κ1) is 23.4. The number of hydrogen-bond donors (Lipinski definition) is 0. The van der Waals surface area contributed by atoms with Crippen molar-refractivity contribution in [1.82, 2.24) is 0 Å². The maximum absolute atomic E-state index is 3.36. The van der Waals surface area contributed by atoms with Gasteiger partial charge in [-0.25, -0.2) is 17.7 Å². The van der Waals surface area contributed by atoms with Crippen molar-refractivity contribution >= 4 is 29.0 Å². The third kappa shape index (κ3) is 8.40. The Bertz CT molecular complexity index is 328. The van der Waals surface area contributed by atoms with Crippen LogP contribution in [-0.4, -0.2) is 4.21 Å². The van der Waals surface area contributed by atoms with E-state index in [-0.39, 0.29) is 24.8 Å². The molecule has 18 heavy (non-hydrogen) atoms. The van der Waals surface area contributed by atoms with Crippen LogP contribution in [-0.2, 0) is 24.2 Å². The second-order valence-corrected chi connectivity index (χ2v) is 3.80. The quantitative estimate of drug-likeness (QED) is 0.540. The Kier molecular flexibility index (Phi) is 17.8. The Morgan fingerprint density at radius 2 is 1.78 bits per heavy atom. The van der Waals surface area contributed by atoms with Crippen molar-refractivity contribution in [1.29, 1.82) is 0 Å². The van der Waals surface area contributed by atoms with E-state index in [4.69, 9.17) is 0 Å². The van der Waals surface area contributed by atoms with Crippen LogP contribution in [0.5, 0.6) is 0 Å². The van der Waals surface area contributed by atoms with E-state index in [1.165, 1.54) is 41.0 Å². The first-order valence-electron chi connectivity index (χ1n) is 5.48. The van der Waals surface area contributed by atoms with Gasteiger partial charge in [-0.3, -0.25) is 12.2 Å². The van der Waals surface area contributed by atoms with Crippen molar-refractivity contribution in [2.24, 2.45) is 5.92 Å². The Labute approximate surface area is 139 Å². The van der Waals surface area contributed by atoms with Gasteiger partial charge in [-0.15, -0.1) is 38.2 Å². The molecule has 1 unspecified atom stereocenters. The van der Waals surface area contributed by atoms with Crippen LogP contribution in [0.4, 0.5) is 0 Å². The van der Waals surface area contributed by atoms with Gasteiger partial charge in [0.2, 0.25) is 0 Å². The molecular formula is C15H22Cl2Zr. The summed E-state index contributed by atoms with van der Waals surface area (Å²) in [5.74, 6) is 0.560. The topological polar surface area (TPSA) is 0 Å². The molecule has 0 saturated carbocycles. The molecule has 0 N–H and O–H groups in total. The normalized spacial score (nSPS) is 18.8. The fraction of sp³-hybridized carbons (Fsp3) is 0.400. The maximum atomic E-state index is 3.36. The zero-order valence-corrected chi connectivity index (χ0v) is 15.6. The summed E-state index contributed by atoms with van der Waals surface area (Å²) in [4.78, 5) is 0. The van der Waals surface area contributed by atoms with Gasteiger partial charge in [-0.2, -0.15) is 17.2 Å². The minimum absolute atomic E-state index is 0. The van der Waals surface area contributed by atoms with Crippen molar-refractivity contribution in [2.45, 2.75) is 34.1 Å². The summed E-state index contributed by atoms with van der Waals surface area (Å²) < 4.78 is 3.34. The van der Waals surface area contributed by atoms with E-state index >= 15 is 0 Å². The number of hydrogen-bond acceptors (Lipinski definition) is 0. The predicted molar refractivity (Wildman–Crippen MR) is 83.2 cm³/mol. The monoisotopic (exact) mass is 362 g/mol. The van der Waals surface area contributed by atoms with Crippen LogP contribution in [0.1, 0.15) is 34.1 Å². The zero-order chi connectivity index (χ0) is 12.6. The van der Waals surface area contributed by atoms with Crippen LogP contribution in [0.15, 0.2) is 34.9 Å². The molecule has 0 aromatic heterocycles. The molecule has 0 radical (unpaired) electrons.